The molecule has 0 radical (unpaired) electrons. The molecule has 1 heterocycles. The van der Waals surface area contributed by atoms with Crippen LogP contribution in [0.5, 0.6) is 5.75 Å². The van der Waals surface area contributed by atoms with Crippen LogP contribution in [0, 0.1) is 20.8 Å². The number of fused-ring (bicyclic) bond motifs is 3. The van der Waals surface area contributed by atoms with Gasteiger partial charge >= 0.3 is 0 Å². The summed E-state index contributed by atoms with van der Waals surface area (Å²) in [6.07, 6.45) is 2.79. The lowest BCUT2D eigenvalue weighted by Crippen LogP contribution is -2.41. The normalized spacial score (nSPS) is 16.2. The van der Waals surface area contributed by atoms with Gasteiger partial charge in [0.2, 0.25) is 0 Å². The molecule has 0 bridgehead atoms. The number of aromatic amines is 1. The lowest BCUT2D eigenvalue weighted by molar-refractivity contribution is -0.123. The first kappa shape index (κ1) is 17.7. The van der Waals surface area contributed by atoms with Crippen LogP contribution < -0.4 is 10.1 Å². The summed E-state index contributed by atoms with van der Waals surface area (Å²) in [5.41, 5.74) is 7.17. The number of H-pyrrole nitrogens is 1. The van der Waals surface area contributed by atoms with Crippen LogP contribution in [0.1, 0.15) is 34.4 Å². The first-order valence-corrected chi connectivity index (χ1v) is 9.60. The quantitative estimate of drug-likeness (QED) is 0.733. The Morgan fingerprint density at radius 2 is 1.93 bits per heavy atom. The van der Waals surface area contributed by atoms with E-state index < -0.39 is 0 Å². The second kappa shape index (κ2) is 7.10. The van der Waals surface area contributed by atoms with Crippen LogP contribution in [0.15, 0.2) is 36.4 Å². The second-order valence-corrected chi connectivity index (χ2v) is 7.58. The molecule has 0 saturated carbocycles. The summed E-state index contributed by atoms with van der Waals surface area (Å²) < 4.78 is 5.85. The third kappa shape index (κ3) is 3.44. The molecule has 140 valence electrons. The highest BCUT2D eigenvalue weighted by atomic mass is 16.5. The van der Waals surface area contributed by atoms with Gasteiger partial charge in [-0.05, 0) is 61.9 Å². The smallest absolute Gasteiger partial charge is 0.258 e. The largest absolute Gasteiger partial charge is 0.483 e. The lowest BCUT2D eigenvalue weighted by Gasteiger charge is -2.24. The van der Waals surface area contributed by atoms with Crippen molar-refractivity contribution >= 4 is 16.8 Å². The molecule has 1 aliphatic rings. The van der Waals surface area contributed by atoms with Gasteiger partial charge in [0.05, 0.1) is 0 Å². The predicted octanol–water partition coefficient (Wildman–Crippen LogP) is 4.15. The van der Waals surface area contributed by atoms with Gasteiger partial charge in [-0.25, -0.2) is 0 Å². The summed E-state index contributed by atoms with van der Waals surface area (Å²) in [4.78, 5) is 15.9. The Morgan fingerprint density at radius 1 is 1.15 bits per heavy atom. The molecular weight excluding hydrogens is 336 g/mol. The van der Waals surface area contributed by atoms with E-state index in [0.717, 1.165) is 36.1 Å². The predicted molar refractivity (Wildman–Crippen MR) is 108 cm³/mol. The number of para-hydroxylation sites is 1. The molecule has 1 unspecified atom stereocenters. The summed E-state index contributed by atoms with van der Waals surface area (Å²) in [6.45, 7) is 6.16. The number of aryl methyl sites for hydroxylation is 3. The van der Waals surface area contributed by atoms with Gasteiger partial charge in [-0.1, -0.05) is 30.3 Å². The van der Waals surface area contributed by atoms with Gasteiger partial charge in [0, 0.05) is 29.1 Å². The fraction of sp³-hybridized carbons (Fsp3) is 0.348. The summed E-state index contributed by atoms with van der Waals surface area (Å²) in [6, 6.07) is 12.7. The van der Waals surface area contributed by atoms with E-state index in [2.05, 4.69) is 47.6 Å². The minimum absolute atomic E-state index is 0.0557. The molecule has 0 aliphatic heterocycles. The number of carbonyl (C=O) groups excluding carboxylic acids is 1. The fourth-order valence-corrected chi connectivity index (χ4v) is 4.06. The number of rotatable bonds is 4. The highest BCUT2D eigenvalue weighted by Crippen LogP contribution is 2.29. The van der Waals surface area contributed by atoms with Gasteiger partial charge in [-0.2, -0.15) is 0 Å². The van der Waals surface area contributed by atoms with Crippen molar-refractivity contribution in [3.63, 3.8) is 0 Å². The van der Waals surface area contributed by atoms with Gasteiger partial charge in [0.15, 0.2) is 6.61 Å². The van der Waals surface area contributed by atoms with Crippen LogP contribution in [-0.2, 0) is 17.6 Å². The monoisotopic (exact) mass is 362 g/mol. The van der Waals surface area contributed by atoms with Crippen molar-refractivity contribution in [1.29, 1.82) is 0 Å². The fourth-order valence-electron chi connectivity index (χ4n) is 4.06. The third-order valence-corrected chi connectivity index (χ3v) is 5.68. The van der Waals surface area contributed by atoms with Crippen LogP contribution in [0.25, 0.3) is 10.9 Å². The lowest BCUT2D eigenvalue weighted by atomic mass is 9.92. The molecule has 1 aromatic heterocycles. The van der Waals surface area contributed by atoms with Gasteiger partial charge in [0.1, 0.15) is 5.75 Å². The summed E-state index contributed by atoms with van der Waals surface area (Å²) in [5, 5.41) is 4.46. The van der Waals surface area contributed by atoms with Gasteiger partial charge in [-0.3, -0.25) is 4.79 Å². The number of ether oxygens (including phenoxy) is 1. The van der Waals surface area contributed by atoms with Crippen LogP contribution in [0.3, 0.4) is 0 Å². The van der Waals surface area contributed by atoms with Crippen molar-refractivity contribution in [1.82, 2.24) is 10.3 Å². The Morgan fingerprint density at radius 3 is 2.78 bits per heavy atom. The highest BCUT2D eigenvalue weighted by Gasteiger charge is 2.23. The number of carbonyl (C=O) groups is 1. The Labute approximate surface area is 159 Å². The van der Waals surface area contributed by atoms with Crippen molar-refractivity contribution in [2.75, 3.05) is 6.61 Å². The Bertz CT molecular complexity index is 1000. The standard InChI is InChI=1S/C23H26N2O2/c1-14-8-9-15(2)23(16(14)3)27-13-22(26)24-17-10-11-19-18-6-4-5-7-20(18)25-21(19)12-17/h4-9,17,25H,10-13H2,1-3H3,(H,24,26). The Kier molecular flexibility index (Phi) is 4.65. The molecule has 4 nitrogen and oxygen atoms in total. The number of hydrogen-bond donors (Lipinski definition) is 2. The molecule has 0 saturated heterocycles. The zero-order valence-corrected chi connectivity index (χ0v) is 16.2. The van der Waals surface area contributed by atoms with Crippen molar-refractivity contribution in [3.05, 3.63) is 64.3 Å². The third-order valence-electron chi connectivity index (χ3n) is 5.68. The van der Waals surface area contributed by atoms with E-state index in [4.69, 9.17) is 4.74 Å². The molecule has 4 heteroatoms. The number of benzene rings is 2. The SMILES string of the molecule is Cc1ccc(C)c(OCC(=O)NC2CCc3c([nH]c4ccccc34)C2)c1C. The summed E-state index contributed by atoms with van der Waals surface area (Å²) >= 11 is 0. The second-order valence-electron chi connectivity index (χ2n) is 7.58. The van der Waals surface area contributed by atoms with E-state index in [1.54, 1.807) is 0 Å². The molecule has 2 aromatic carbocycles. The number of nitrogens with one attached hydrogen (secondary N) is 2. The van der Waals surface area contributed by atoms with Crippen molar-refractivity contribution in [3.8, 4) is 5.75 Å². The van der Waals surface area contributed by atoms with E-state index in [0.29, 0.717) is 0 Å². The van der Waals surface area contributed by atoms with Gasteiger partial charge < -0.3 is 15.0 Å². The van der Waals surface area contributed by atoms with Crippen molar-refractivity contribution < 1.29 is 9.53 Å². The average molecular weight is 362 g/mol. The Hall–Kier alpha value is -2.75. The maximum atomic E-state index is 12.4. The first-order chi connectivity index (χ1) is 13.0. The Balaban J connectivity index is 1.39. The van der Waals surface area contributed by atoms with E-state index >= 15 is 0 Å². The van der Waals surface area contributed by atoms with Crippen LogP contribution >= 0.6 is 0 Å². The summed E-state index contributed by atoms with van der Waals surface area (Å²) in [5.74, 6) is 0.770. The molecule has 3 aromatic rings. The zero-order chi connectivity index (χ0) is 19.0. The van der Waals surface area contributed by atoms with Gasteiger partial charge in [-0.15, -0.1) is 0 Å². The molecular formula is C23H26N2O2. The molecule has 0 spiro atoms. The maximum Gasteiger partial charge on any atom is 0.258 e. The van der Waals surface area contributed by atoms with Crippen molar-refractivity contribution in [2.24, 2.45) is 0 Å². The molecule has 1 amide bonds. The molecule has 1 aliphatic carbocycles. The van der Waals surface area contributed by atoms with E-state index in [-0.39, 0.29) is 18.6 Å². The van der Waals surface area contributed by atoms with Crippen LogP contribution in [0.4, 0.5) is 0 Å². The topological polar surface area (TPSA) is 54.1 Å². The van der Waals surface area contributed by atoms with E-state index in [1.807, 2.05) is 19.9 Å². The van der Waals surface area contributed by atoms with E-state index in [1.165, 1.54) is 27.7 Å². The molecule has 0 fully saturated rings. The zero-order valence-electron chi connectivity index (χ0n) is 16.2. The van der Waals surface area contributed by atoms with Crippen LogP contribution in [0.2, 0.25) is 0 Å². The molecule has 1 atom stereocenters. The summed E-state index contributed by atoms with van der Waals surface area (Å²) in [7, 11) is 0. The number of hydrogen-bond acceptors (Lipinski definition) is 2. The first-order valence-electron chi connectivity index (χ1n) is 9.60. The minimum atomic E-state index is -0.0557. The van der Waals surface area contributed by atoms with Crippen molar-refractivity contribution in [2.45, 2.75) is 46.1 Å². The number of amides is 1. The average Bonchev–Trinajstić information content (AvgIpc) is 3.02. The van der Waals surface area contributed by atoms with Crippen LogP contribution in [-0.4, -0.2) is 23.5 Å². The van der Waals surface area contributed by atoms with E-state index in [9.17, 15) is 4.79 Å². The minimum Gasteiger partial charge on any atom is -0.483 e. The van der Waals surface area contributed by atoms with Gasteiger partial charge in [0.25, 0.3) is 5.91 Å². The molecule has 4 rings (SSSR count). The molecule has 2 N–H and O–H groups in total. The number of aromatic nitrogens is 1. The molecule has 27 heavy (non-hydrogen) atoms. The maximum absolute atomic E-state index is 12.4. The highest BCUT2D eigenvalue weighted by molar-refractivity contribution is 5.85.